The van der Waals surface area contributed by atoms with Gasteiger partial charge in [-0.1, -0.05) is 68.4 Å². The molecule has 2 aromatic carbocycles. The van der Waals surface area contributed by atoms with Crippen LogP contribution in [-0.2, 0) is 14.3 Å². The Morgan fingerprint density at radius 3 is 2.37 bits per heavy atom. The Balaban J connectivity index is 1.43. The first-order chi connectivity index (χ1) is 14.4. The van der Waals surface area contributed by atoms with Crippen LogP contribution in [-0.4, -0.2) is 41.5 Å². The number of carbonyl (C=O) groups is 3. The second-order valence-corrected chi connectivity index (χ2v) is 7.54. The van der Waals surface area contributed by atoms with Gasteiger partial charge in [0.1, 0.15) is 0 Å². The summed E-state index contributed by atoms with van der Waals surface area (Å²) in [6, 6.07) is 17.0. The van der Waals surface area contributed by atoms with Gasteiger partial charge in [-0.3, -0.25) is 14.4 Å². The monoisotopic (exact) mass is 406 g/mol. The third kappa shape index (κ3) is 5.63. The summed E-state index contributed by atoms with van der Waals surface area (Å²) in [6.07, 6.45) is 0.608. The molecule has 0 aromatic heterocycles. The van der Waals surface area contributed by atoms with Gasteiger partial charge in [0.05, 0.1) is 18.7 Å². The number of nitrogens with zero attached hydrogens (tertiary/aromatic N) is 2. The quantitative estimate of drug-likeness (QED) is 0.491. The highest BCUT2D eigenvalue weighted by Gasteiger charge is 2.22. The normalized spacial score (nSPS) is 13.3. The summed E-state index contributed by atoms with van der Waals surface area (Å²) in [5, 5.41) is 5.76. The van der Waals surface area contributed by atoms with Crippen molar-refractivity contribution in [3.63, 3.8) is 0 Å². The number of benzene rings is 2. The summed E-state index contributed by atoms with van der Waals surface area (Å²) >= 11 is 0. The minimum absolute atomic E-state index is 0.00167. The van der Waals surface area contributed by atoms with Gasteiger partial charge >= 0.3 is 5.97 Å². The van der Waals surface area contributed by atoms with E-state index in [2.05, 4.69) is 18.9 Å². The van der Waals surface area contributed by atoms with E-state index in [1.54, 1.807) is 12.1 Å². The maximum Gasteiger partial charge on any atom is 0.306 e. The lowest BCUT2D eigenvalue weighted by atomic mass is 10.0. The van der Waals surface area contributed by atoms with Crippen LogP contribution in [0.25, 0.3) is 0 Å². The first-order valence-electron chi connectivity index (χ1n) is 10.2. The van der Waals surface area contributed by atoms with E-state index in [9.17, 15) is 14.4 Å². The summed E-state index contributed by atoms with van der Waals surface area (Å²) in [5.41, 5.74) is 3.50. The van der Waals surface area contributed by atoms with Crippen LogP contribution in [0.1, 0.15) is 60.5 Å². The minimum atomic E-state index is -0.568. The van der Waals surface area contributed by atoms with Crippen LogP contribution in [0.2, 0.25) is 0 Å². The van der Waals surface area contributed by atoms with Crippen LogP contribution in [0, 0.1) is 0 Å². The zero-order chi connectivity index (χ0) is 21.5. The fraction of sp³-hybridized carbons (Fsp3) is 0.333. The van der Waals surface area contributed by atoms with Crippen molar-refractivity contribution >= 4 is 23.4 Å². The molecule has 0 N–H and O–H groups in total. The Kier molecular flexibility index (Phi) is 7.12. The van der Waals surface area contributed by atoms with Gasteiger partial charge in [0, 0.05) is 18.4 Å². The number of hydrogen-bond donors (Lipinski definition) is 0. The van der Waals surface area contributed by atoms with Crippen molar-refractivity contribution in [3.8, 4) is 0 Å². The number of amides is 1. The Bertz CT molecular complexity index is 933. The maximum absolute atomic E-state index is 12.3. The van der Waals surface area contributed by atoms with Crippen molar-refractivity contribution in [3.05, 3.63) is 71.3 Å². The van der Waals surface area contributed by atoms with Crippen LogP contribution in [0.4, 0.5) is 0 Å². The zero-order valence-corrected chi connectivity index (χ0v) is 17.3. The Morgan fingerprint density at radius 1 is 1.00 bits per heavy atom. The molecule has 1 heterocycles. The SMILES string of the molecule is CC(C)c1ccc(C(=O)COC(=O)CCC(=O)N2CCC(c3ccccc3)=N2)cc1. The van der Waals surface area contributed by atoms with Gasteiger partial charge in [-0.2, -0.15) is 5.10 Å². The number of rotatable bonds is 8. The molecule has 1 amide bonds. The summed E-state index contributed by atoms with van der Waals surface area (Å²) in [5.74, 6) is -0.676. The molecule has 1 aliphatic rings. The molecular formula is C24H26N2O4. The summed E-state index contributed by atoms with van der Waals surface area (Å²) in [7, 11) is 0. The van der Waals surface area contributed by atoms with Crippen molar-refractivity contribution in [1.29, 1.82) is 0 Å². The van der Waals surface area contributed by atoms with Crippen molar-refractivity contribution < 1.29 is 19.1 Å². The maximum atomic E-state index is 12.3. The van der Waals surface area contributed by atoms with Crippen molar-refractivity contribution in [2.45, 2.75) is 39.0 Å². The molecule has 0 bridgehead atoms. The number of carbonyl (C=O) groups excluding carboxylic acids is 3. The molecule has 0 saturated carbocycles. The van der Waals surface area contributed by atoms with Crippen LogP contribution in [0.15, 0.2) is 59.7 Å². The second-order valence-electron chi connectivity index (χ2n) is 7.54. The second kappa shape index (κ2) is 9.96. The highest BCUT2D eigenvalue weighted by molar-refractivity contribution is 6.02. The minimum Gasteiger partial charge on any atom is -0.457 e. The molecule has 156 valence electrons. The molecule has 0 saturated heterocycles. The number of Topliss-reactive ketones (excluding diaryl/α,β-unsaturated/α-hetero) is 1. The Hall–Kier alpha value is -3.28. The van der Waals surface area contributed by atoms with Crippen LogP contribution in [0.3, 0.4) is 0 Å². The van der Waals surface area contributed by atoms with Crippen LogP contribution in [0.5, 0.6) is 0 Å². The van der Waals surface area contributed by atoms with E-state index in [4.69, 9.17) is 4.74 Å². The fourth-order valence-electron chi connectivity index (χ4n) is 3.16. The lowest BCUT2D eigenvalue weighted by Crippen LogP contribution is -2.24. The smallest absolute Gasteiger partial charge is 0.306 e. The van der Waals surface area contributed by atoms with Gasteiger partial charge in [0.2, 0.25) is 5.91 Å². The molecule has 30 heavy (non-hydrogen) atoms. The van der Waals surface area contributed by atoms with Crippen molar-refractivity contribution in [1.82, 2.24) is 5.01 Å². The van der Waals surface area contributed by atoms with Gasteiger partial charge in [-0.25, -0.2) is 5.01 Å². The van der Waals surface area contributed by atoms with E-state index in [1.165, 1.54) is 5.01 Å². The van der Waals surface area contributed by atoms with E-state index >= 15 is 0 Å². The molecule has 0 unspecified atom stereocenters. The van der Waals surface area contributed by atoms with E-state index in [0.717, 1.165) is 16.8 Å². The summed E-state index contributed by atoms with van der Waals surface area (Å²) in [6.45, 7) is 4.34. The number of ketones is 1. The lowest BCUT2D eigenvalue weighted by molar-refractivity contribution is -0.145. The number of ether oxygens (including phenoxy) is 1. The number of hydrogen-bond acceptors (Lipinski definition) is 5. The molecular weight excluding hydrogens is 380 g/mol. The first kappa shape index (κ1) is 21.4. The van der Waals surface area contributed by atoms with Crippen LogP contribution >= 0.6 is 0 Å². The summed E-state index contributed by atoms with van der Waals surface area (Å²) < 4.78 is 5.04. The first-order valence-corrected chi connectivity index (χ1v) is 10.2. The molecule has 1 aliphatic heterocycles. The van der Waals surface area contributed by atoms with Gasteiger partial charge in [-0.05, 0) is 17.0 Å². The third-order valence-electron chi connectivity index (χ3n) is 5.00. The van der Waals surface area contributed by atoms with E-state index in [1.807, 2.05) is 42.5 Å². The summed E-state index contributed by atoms with van der Waals surface area (Å²) in [4.78, 5) is 36.4. The van der Waals surface area contributed by atoms with E-state index in [-0.39, 0.29) is 31.1 Å². The standard InChI is InChI=1S/C24H26N2O4/c1-17(2)18-8-10-20(11-9-18)22(27)16-30-24(29)13-12-23(28)26-15-14-21(25-26)19-6-4-3-5-7-19/h3-11,17H,12-16H2,1-2H3. The predicted octanol–water partition coefficient (Wildman–Crippen LogP) is 3.95. The van der Waals surface area contributed by atoms with Crippen molar-refractivity contribution in [2.75, 3.05) is 13.2 Å². The number of hydrazone groups is 1. The topological polar surface area (TPSA) is 76.0 Å². The Labute approximate surface area is 176 Å². The molecule has 0 fully saturated rings. The van der Waals surface area contributed by atoms with Crippen molar-refractivity contribution in [2.24, 2.45) is 5.10 Å². The van der Waals surface area contributed by atoms with Gasteiger partial charge in [0.15, 0.2) is 12.4 Å². The molecule has 6 heteroatoms. The third-order valence-corrected chi connectivity index (χ3v) is 5.00. The van der Waals surface area contributed by atoms with E-state index < -0.39 is 5.97 Å². The molecule has 0 radical (unpaired) electrons. The molecule has 0 atom stereocenters. The lowest BCUT2D eigenvalue weighted by Gasteiger charge is -2.11. The molecule has 6 nitrogen and oxygen atoms in total. The van der Waals surface area contributed by atoms with Gasteiger partial charge in [0.25, 0.3) is 0 Å². The highest BCUT2D eigenvalue weighted by atomic mass is 16.5. The fourth-order valence-corrected chi connectivity index (χ4v) is 3.16. The Morgan fingerprint density at radius 2 is 1.70 bits per heavy atom. The van der Waals surface area contributed by atoms with Gasteiger partial charge in [-0.15, -0.1) is 0 Å². The molecule has 3 rings (SSSR count). The average molecular weight is 406 g/mol. The molecule has 0 aliphatic carbocycles. The largest absolute Gasteiger partial charge is 0.457 e. The van der Waals surface area contributed by atoms with Crippen LogP contribution < -0.4 is 0 Å². The van der Waals surface area contributed by atoms with Gasteiger partial charge < -0.3 is 4.74 Å². The zero-order valence-electron chi connectivity index (χ0n) is 17.3. The predicted molar refractivity (Wildman–Crippen MR) is 114 cm³/mol. The van der Waals surface area contributed by atoms with E-state index in [0.29, 0.717) is 24.4 Å². The highest BCUT2D eigenvalue weighted by Crippen LogP contribution is 2.16. The average Bonchev–Trinajstić information content (AvgIpc) is 3.27. The molecule has 0 spiro atoms. The number of esters is 1. The molecule has 2 aromatic rings.